The highest BCUT2D eigenvalue weighted by Gasteiger charge is 2.25. The average molecular weight is 288 g/mol. The van der Waals surface area contributed by atoms with Crippen LogP contribution in [0.3, 0.4) is 0 Å². The first kappa shape index (κ1) is 12.6. The summed E-state index contributed by atoms with van der Waals surface area (Å²) in [5.74, 6) is -0.711. The molecular formula is C18H12N2O2. The number of imide groups is 1. The molecule has 4 nitrogen and oxygen atoms in total. The number of fused-ring (bicyclic) bond motifs is 1. The second-order valence-corrected chi connectivity index (χ2v) is 5.14. The highest BCUT2D eigenvalue weighted by atomic mass is 16.2. The van der Waals surface area contributed by atoms with Crippen molar-refractivity contribution in [3.63, 3.8) is 0 Å². The lowest BCUT2D eigenvalue weighted by Gasteiger charge is -2.04. The number of nitrogens with one attached hydrogen (secondary N) is 1. The van der Waals surface area contributed by atoms with Crippen LogP contribution in [0.4, 0.5) is 0 Å². The molecular weight excluding hydrogens is 276 g/mol. The van der Waals surface area contributed by atoms with Crippen molar-refractivity contribution < 1.29 is 9.59 Å². The number of hydrogen-bond donors (Lipinski definition) is 1. The largest absolute Gasteiger partial charge is 0.316 e. The highest BCUT2D eigenvalue weighted by Crippen LogP contribution is 2.30. The molecule has 2 heterocycles. The fourth-order valence-corrected chi connectivity index (χ4v) is 2.81. The highest BCUT2D eigenvalue weighted by molar-refractivity contribution is 6.35. The zero-order valence-electron chi connectivity index (χ0n) is 11.6. The van der Waals surface area contributed by atoms with Crippen LogP contribution >= 0.6 is 0 Å². The molecule has 1 aromatic heterocycles. The fourth-order valence-electron chi connectivity index (χ4n) is 2.81. The standard InChI is InChI=1S/C18H12N2O2/c21-17-10-14(18(22)19-17)15-11-20(12-6-2-1-3-7-12)16-9-5-4-8-13(15)16/h1-11H,(H,19,21,22). The second-order valence-electron chi connectivity index (χ2n) is 5.14. The van der Waals surface area contributed by atoms with Gasteiger partial charge >= 0.3 is 0 Å². The molecule has 1 N–H and O–H groups in total. The molecule has 0 saturated carbocycles. The average Bonchev–Trinajstić information content (AvgIpc) is 3.08. The van der Waals surface area contributed by atoms with Gasteiger partial charge in [0.15, 0.2) is 0 Å². The van der Waals surface area contributed by atoms with Crippen molar-refractivity contribution >= 4 is 28.3 Å². The van der Waals surface area contributed by atoms with E-state index in [1.165, 1.54) is 6.08 Å². The van der Waals surface area contributed by atoms with E-state index >= 15 is 0 Å². The number of carbonyl (C=O) groups excluding carboxylic acids is 2. The molecule has 0 spiro atoms. The van der Waals surface area contributed by atoms with Gasteiger partial charge in [-0.15, -0.1) is 0 Å². The predicted molar refractivity (Wildman–Crippen MR) is 84.4 cm³/mol. The van der Waals surface area contributed by atoms with Gasteiger partial charge in [-0.1, -0.05) is 36.4 Å². The number of para-hydroxylation sites is 2. The van der Waals surface area contributed by atoms with Gasteiger partial charge in [-0.2, -0.15) is 0 Å². The van der Waals surface area contributed by atoms with Crippen LogP contribution in [0.1, 0.15) is 5.56 Å². The molecule has 3 aromatic rings. The molecule has 1 aliphatic heterocycles. The van der Waals surface area contributed by atoms with Gasteiger partial charge in [0.25, 0.3) is 11.8 Å². The Kier molecular flexibility index (Phi) is 2.69. The molecule has 1 aliphatic rings. The lowest BCUT2D eigenvalue weighted by molar-refractivity contribution is -0.123. The minimum Gasteiger partial charge on any atom is -0.316 e. The summed E-state index contributed by atoms with van der Waals surface area (Å²) in [7, 11) is 0. The van der Waals surface area contributed by atoms with E-state index < -0.39 is 0 Å². The smallest absolute Gasteiger partial charge is 0.258 e. The number of amides is 2. The van der Waals surface area contributed by atoms with E-state index in [-0.39, 0.29) is 11.8 Å². The molecule has 106 valence electrons. The summed E-state index contributed by atoms with van der Waals surface area (Å²) in [5, 5.41) is 3.25. The molecule has 2 aromatic carbocycles. The van der Waals surface area contributed by atoms with Crippen molar-refractivity contribution in [2.75, 3.05) is 0 Å². The molecule has 0 aliphatic carbocycles. The second kappa shape index (κ2) is 4.70. The molecule has 4 rings (SSSR count). The van der Waals surface area contributed by atoms with Crippen LogP contribution in [0.15, 0.2) is 66.9 Å². The lowest BCUT2D eigenvalue weighted by Crippen LogP contribution is -2.21. The van der Waals surface area contributed by atoms with Crippen LogP contribution in [-0.2, 0) is 9.59 Å². The third-order valence-electron chi connectivity index (χ3n) is 3.79. The third-order valence-corrected chi connectivity index (χ3v) is 3.79. The molecule has 0 saturated heterocycles. The Morgan fingerprint density at radius 1 is 0.864 bits per heavy atom. The van der Waals surface area contributed by atoms with Crippen LogP contribution in [0.5, 0.6) is 0 Å². The summed E-state index contributed by atoms with van der Waals surface area (Å²) in [4.78, 5) is 23.4. The van der Waals surface area contributed by atoms with E-state index in [2.05, 4.69) is 5.32 Å². The zero-order valence-corrected chi connectivity index (χ0v) is 11.6. The number of hydrogen-bond acceptors (Lipinski definition) is 2. The molecule has 0 atom stereocenters. The van der Waals surface area contributed by atoms with Crippen LogP contribution in [0.2, 0.25) is 0 Å². The topological polar surface area (TPSA) is 51.1 Å². The van der Waals surface area contributed by atoms with Gasteiger partial charge in [-0.3, -0.25) is 14.9 Å². The van der Waals surface area contributed by atoms with E-state index in [1.807, 2.05) is 65.4 Å². The minimum atomic E-state index is -0.364. The minimum absolute atomic E-state index is 0.346. The van der Waals surface area contributed by atoms with E-state index in [0.29, 0.717) is 5.57 Å². The van der Waals surface area contributed by atoms with Gasteiger partial charge in [0.2, 0.25) is 0 Å². The number of benzene rings is 2. The summed E-state index contributed by atoms with van der Waals surface area (Å²) in [6, 6.07) is 17.7. The lowest BCUT2D eigenvalue weighted by atomic mass is 10.1. The van der Waals surface area contributed by atoms with Gasteiger partial charge < -0.3 is 4.57 Å². The number of carbonyl (C=O) groups is 2. The summed E-state index contributed by atoms with van der Waals surface area (Å²) in [5.41, 5.74) is 3.19. The Bertz CT molecular complexity index is 936. The van der Waals surface area contributed by atoms with Crippen molar-refractivity contribution in [3.05, 3.63) is 72.4 Å². The zero-order chi connectivity index (χ0) is 15.1. The van der Waals surface area contributed by atoms with Gasteiger partial charge in [-0.05, 0) is 18.2 Å². The monoisotopic (exact) mass is 288 g/mol. The Morgan fingerprint density at radius 3 is 2.32 bits per heavy atom. The Labute approximate surface area is 126 Å². The summed E-state index contributed by atoms with van der Waals surface area (Å²) < 4.78 is 2.03. The van der Waals surface area contributed by atoms with Gasteiger partial charge in [-0.25, -0.2) is 0 Å². The SMILES string of the molecule is O=C1C=C(c2cn(-c3ccccc3)c3ccccc23)C(=O)N1. The van der Waals surface area contributed by atoms with Gasteiger partial charge in [0, 0.05) is 28.9 Å². The molecule has 0 radical (unpaired) electrons. The fraction of sp³-hybridized carbons (Fsp3) is 0. The van der Waals surface area contributed by atoms with Crippen LogP contribution < -0.4 is 5.32 Å². The molecule has 0 bridgehead atoms. The quantitative estimate of drug-likeness (QED) is 0.737. The first-order valence-corrected chi connectivity index (χ1v) is 6.97. The number of aromatic nitrogens is 1. The van der Waals surface area contributed by atoms with E-state index in [0.717, 1.165) is 22.2 Å². The van der Waals surface area contributed by atoms with E-state index in [1.54, 1.807) is 0 Å². The normalized spacial score (nSPS) is 14.3. The molecule has 4 heteroatoms. The van der Waals surface area contributed by atoms with Crippen molar-refractivity contribution in [2.45, 2.75) is 0 Å². The van der Waals surface area contributed by atoms with E-state index in [4.69, 9.17) is 0 Å². The Hall–Kier alpha value is -3.14. The summed E-state index contributed by atoms with van der Waals surface area (Å²) >= 11 is 0. The Balaban J connectivity index is 2.00. The first-order chi connectivity index (χ1) is 10.7. The molecule has 22 heavy (non-hydrogen) atoms. The first-order valence-electron chi connectivity index (χ1n) is 6.97. The summed E-state index contributed by atoms with van der Waals surface area (Å²) in [6.45, 7) is 0. The molecule has 0 unspecified atom stereocenters. The van der Waals surface area contributed by atoms with Crippen LogP contribution in [0, 0.1) is 0 Å². The van der Waals surface area contributed by atoms with Crippen LogP contribution in [0.25, 0.3) is 22.2 Å². The van der Waals surface area contributed by atoms with E-state index in [9.17, 15) is 9.59 Å². The maximum Gasteiger partial charge on any atom is 0.258 e. The number of nitrogens with zero attached hydrogens (tertiary/aromatic N) is 1. The maximum atomic E-state index is 12.0. The van der Waals surface area contributed by atoms with Crippen molar-refractivity contribution in [3.8, 4) is 5.69 Å². The Morgan fingerprint density at radius 2 is 1.59 bits per heavy atom. The van der Waals surface area contributed by atoms with Crippen LogP contribution in [-0.4, -0.2) is 16.4 Å². The van der Waals surface area contributed by atoms with Gasteiger partial charge in [0.1, 0.15) is 0 Å². The number of rotatable bonds is 2. The van der Waals surface area contributed by atoms with Gasteiger partial charge in [0.05, 0.1) is 11.1 Å². The van der Waals surface area contributed by atoms with Crippen molar-refractivity contribution in [1.82, 2.24) is 9.88 Å². The predicted octanol–water partition coefficient (Wildman–Crippen LogP) is 2.67. The van der Waals surface area contributed by atoms with Crippen molar-refractivity contribution in [2.24, 2.45) is 0 Å². The molecule has 2 amide bonds. The maximum absolute atomic E-state index is 12.0. The third kappa shape index (κ3) is 1.85. The molecule has 0 fully saturated rings. The van der Waals surface area contributed by atoms with Crippen molar-refractivity contribution in [1.29, 1.82) is 0 Å². The summed E-state index contributed by atoms with van der Waals surface area (Å²) in [6.07, 6.45) is 3.27.